The van der Waals surface area contributed by atoms with Crippen molar-refractivity contribution < 1.29 is 9.90 Å². The molecule has 0 spiro atoms. The van der Waals surface area contributed by atoms with E-state index in [0.717, 1.165) is 44.3 Å². The summed E-state index contributed by atoms with van der Waals surface area (Å²) >= 11 is 0. The number of β-amino-alcohol motifs (C(OH)–C–C–N with tert-alkyl or cyclic N) is 1. The molecule has 1 aromatic rings. The number of rotatable bonds is 4. The number of piperazine rings is 1. The minimum atomic E-state index is -0.619. The molecule has 0 radical (unpaired) electrons. The lowest BCUT2D eigenvalue weighted by Gasteiger charge is -2.39. The van der Waals surface area contributed by atoms with Crippen molar-refractivity contribution in [1.29, 1.82) is 0 Å². The molecule has 25 heavy (non-hydrogen) atoms. The number of halogens is 2. The largest absolute Gasteiger partial charge is 0.387 e. The predicted octanol–water partition coefficient (Wildman–Crippen LogP) is 1.98. The molecule has 1 amide bonds. The van der Waals surface area contributed by atoms with Crippen LogP contribution in [0.2, 0.25) is 0 Å². The molecule has 1 aliphatic heterocycles. The molecule has 0 aromatic heterocycles. The SMILES string of the molecule is Cl.Cl.NC1(C(=O)N2CCN(CC(O)c3ccccc3)CC2)CCCC1. The smallest absolute Gasteiger partial charge is 0.242 e. The zero-order valence-corrected chi connectivity index (χ0v) is 16.1. The topological polar surface area (TPSA) is 69.8 Å². The first kappa shape index (κ1) is 22.2. The molecule has 2 fully saturated rings. The van der Waals surface area contributed by atoms with Crippen LogP contribution < -0.4 is 5.73 Å². The summed E-state index contributed by atoms with van der Waals surface area (Å²) < 4.78 is 0. The highest BCUT2D eigenvalue weighted by Gasteiger charge is 2.40. The summed E-state index contributed by atoms with van der Waals surface area (Å²) in [6.07, 6.45) is 3.28. The van der Waals surface area contributed by atoms with Crippen LogP contribution in [0, 0.1) is 0 Å². The van der Waals surface area contributed by atoms with Crippen molar-refractivity contribution in [2.75, 3.05) is 32.7 Å². The summed E-state index contributed by atoms with van der Waals surface area (Å²) in [5.74, 6) is 0.123. The number of aliphatic hydroxyl groups is 1. The first-order valence-corrected chi connectivity index (χ1v) is 8.62. The molecule has 7 heteroatoms. The van der Waals surface area contributed by atoms with E-state index >= 15 is 0 Å². The van der Waals surface area contributed by atoms with E-state index in [2.05, 4.69) is 4.90 Å². The molecule has 5 nitrogen and oxygen atoms in total. The molecule has 142 valence electrons. The maximum absolute atomic E-state index is 12.6. The van der Waals surface area contributed by atoms with E-state index in [9.17, 15) is 9.90 Å². The molecular formula is C18H29Cl2N3O2. The second-order valence-electron chi connectivity index (χ2n) is 6.88. The van der Waals surface area contributed by atoms with Gasteiger partial charge in [-0.2, -0.15) is 0 Å². The number of amides is 1. The molecule has 1 saturated heterocycles. The van der Waals surface area contributed by atoms with E-state index in [4.69, 9.17) is 5.73 Å². The normalized spacial score (nSPS) is 21.1. The Morgan fingerprint density at radius 1 is 1.08 bits per heavy atom. The summed E-state index contributed by atoms with van der Waals surface area (Å²) in [5.41, 5.74) is 6.60. The Labute approximate surface area is 162 Å². The third-order valence-electron chi connectivity index (χ3n) is 5.20. The van der Waals surface area contributed by atoms with Crippen molar-refractivity contribution in [3.63, 3.8) is 0 Å². The van der Waals surface area contributed by atoms with Gasteiger partial charge in [0.1, 0.15) is 0 Å². The Bertz CT molecular complexity index is 530. The summed E-state index contributed by atoms with van der Waals surface area (Å²) in [6, 6.07) is 9.73. The number of hydrogen-bond acceptors (Lipinski definition) is 4. The van der Waals surface area contributed by atoms with Crippen molar-refractivity contribution in [2.24, 2.45) is 5.73 Å². The van der Waals surface area contributed by atoms with Crippen LogP contribution in [-0.2, 0) is 4.79 Å². The van der Waals surface area contributed by atoms with E-state index in [0.29, 0.717) is 19.6 Å². The van der Waals surface area contributed by atoms with Crippen LogP contribution >= 0.6 is 24.8 Å². The number of aliphatic hydroxyl groups excluding tert-OH is 1. The molecule has 1 saturated carbocycles. The lowest BCUT2D eigenvalue weighted by atomic mass is 9.97. The predicted molar refractivity (Wildman–Crippen MR) is 104 cm³/mol. The van der Waals surface area contributed by atoms with Crippen molar-refractivity contribution in [3.05, 3.63) is 35.9 Å². The Hall–Kier alpha value is -0.850. The number of benzene rings is 1. The highest BCUT2D eigenvalue weighted by Crippen LogP contribution is 2.29. The van der Waals surface area contributed by atoms with Crippen LogP contribution in [0.1, 0.15) is 37.4 Å². The van der Waals surface area contributed by atoms with Gasteiger partial charge in [0.2, 0.25) is 5.91 Å². The van der Waals surface area contributed by atoms with Crippen LogP contribution in [0.15, 0.2) is 30.3 Å². The fraction of sp³-hybridized carbons (Fsp3) is 0.611. The van der Waals surface area contributed by atoms with Crippen LogP contribution in [0.5, 0.6) is 0 Å². The van der Waals surface area contributed by atoms with Gasteiger partial charge in [-0.15, -0.1) is 24.8 Å². The fourth-order valence-corrected chi connectivity index (χ4v) is 3.69. The molecule has 1 atom stereocenters. The number of nitrogens with two attached hydrogens (primary N) is 1. The summed E-state index contributed by atoms with van der Waals surface area (Å²) in [7, 11) is 0. The molecule has 3 rings (SSSR count). The minimum absolute atomic E-state index is 0. The lowest BCUT2D eigenvalue weighted by molar-refractivity contribution is -0.138. The number of carbonyl (C=O) groups is 1. The molecular weight excluding hydrogens is 361 g/mol. The first-order valence-electron chi connectivity index (χ1n) is 8.62. The van der Waals surface area contributed by atoms with E-state index in [1.807, 2.05) is 35.2 Å². The minimum Gasteiger partial charge on any atom is -0.387 e. The summed E-state index contributed by atoms with van der Waals surface area (Å²) in [5, 5.41) is 10.3. The summed E-state index contributed by atoms with van der Waals surface area (Å²) in [4.78, 5) is 16.7. The van der Waals surface area contributed by atoms with Crippen LogP contribution in [0.25, 0.3) is 0 Å². The van der Waals surface area contributed by atoms with E-state index in [-0.39, 0.29) is 30.7 Å². The average molecular weight is 390 g/mol. The molecule has 2 aliphatic rings. The van der Waals surface area contributed by atoms with Gasteiger partial charge in [0.25, 0.3) is 0 Å². The zero-order chi connectivity index (χ0) is 16.3. The Kier molecular flexibility index (Phi) is 8.64. The number of hydrogen-bond donors (Lipinski definition) is 2. The molecule has 3 N–H and O–H groups in total. The van der Waals surface area contributed by atoms with Crippen LogP contribution in [0.3, 0.4) is 0 Å². The van der Waals surface area contributed by atoms with Gasteiger partial charge in [-0.3, -0.25) is 9.69 Å². The first-order chi connectivity index (χ1) is 11.1. The van der Waals surface area contributed by atoms with Gasteiger partial charge in [-0.1, -0.05) is 43.2 Å². The quantitative estimate of drug-likeness (QED) is 0.825. The van der Waals surface area contributed by atoms with Gasteiger partial charge in [-0.25, -0.2) is 0 Å². The van der Waals surface area contributed by atoms with Gasteiger partial charge < -0.3 is 15.7 Å². The molecule has 1 unspecified atom stereocenters. The van der Waals surface area contributed by atoms with Crippen molar-refractivity contribution >= 4 is 30.7 Å². The highest BCUT2D eigenvalue weighted by atomic mass is 35.5. The van der Waals surface area contributed by atoms with Gasteiger partial charge in [0, 0.05) is 32.7 Å². The van der Waals surface area contributed by atoms with Crippen LogP contribution in [0.4, 0.5) is 0 Å². The molecule has 0 bridgehead atoms. The standard InChI is InChI=1S/C18H27N3O2.2ClH/c19-18(8-4-5-9-18)17(23)21-12-10-20(11-13-21)14-16(22)15-6-2-1-3-7-15;;/h1-3,6-7,16,22H,4-5,8-14,19H2;2*1H. The maximum atomic E-state index is 12.6. The van der Waals surface area contributed by atoms with E-state index in [1.54, 1.807) is 0 Å². The fourth-order valence-electron chi connectivity index (χ4n) is 3.69. The number of nitrogens with zero attached hydrogens (tertiary/aromatic N) is 2. The zero-order valence-electron chi connectivity index (χ0n) is 14.5. The van der Waals surface area contributed by atoms with Gasteiger partial charge in [0.15, 0.2) is 0 Å². The Morgan fingerprint density at radius 3 is 2.20 bits per heavy atom. The molecule has 1 aromatic carbocycles. The van der Waals surface area contributed by atoms with E-state index in [1.165, 1.54) is 0 Å². The molecule has 1 heterocycles. The highest BCUT2D eigenvalue weighted by molar-refractivity contribution is 5.86. The van der Waals surface area contributed by atoms with Gasteiger partial charge in [-0.05, 0) is 18.4 Å². The van der Waals surface area contributed by atoms with Gasteiger partial charge >= 0.3 is 0 Å². The van der Waals surface area contributed by atoms with Crippen LogP contribution in [-0.4, -0.2) is 59.1 Å². The summed E-state index contributed by atoms with van der Waals surface area (Å²) in [6.45, 7) is 3.62. The van der Waals surface area contributed by atoms with Crippen molar-refractivity contribution in [1.82, 2.24) is 9.80 Å². The van der Waals surface area contributed by atoms with Gasteiger partial charge in [0.05, 0.1) is 11.6 Å². The third kappa shape index (κ3) is 5.31. The third-order valence-corrected chi connectivity index (χ3v) is 5.20. The monoisotopic (exact) mass is 389 g/mol. The van der Waals surface area contributed by atoms with Crippen molar-refractivity contribution in [2.45, 2.75) is 37.3 Å². The average Bonchev–Trinajstić information content (AvgIpc) is 3.03. The second-order valence-corrected chi connectivity index (χ2v) is 6.88. The van der Waals surface area contributed by atoms with Crippen molar-refractivity contribution in [3.8, 4) is 0 Å². The van der Waals surface area contributed by atoms with E-state index < -0.39 is 11.6 Å². The second kappa shape index (κ2) is 9.74. The lowest BCUT2D eigenvalue weighted by Crippen LogP contribution is -2.58. The Morgan fingerprint density at radius 2 is 1.64 bits per heavy atom. The Balaban J connectivity index is 0.00000156. The maximum Gasteiger partial charge on any atom is 0.242 e. The number of carbonyl (C=O) groups excluding carboxylic acids is 1. The molecule has 1 aliphatic carbocycles.